The van der Waals surface area contributed by atoms with Crippen LogP contribution in [0.4, 0.5) is 0 Å². The first-order chi connectivity index (χ1) is 10.8. The van der Waals surface area contributed by atoms with Gasteiger partial charge in [0.15, 0.2) is 0 Å². The molecule has 0 saturated carbocycles. The fourth-order valence-electron chi connectivity index (χ4n) is 3.53. The molecule has 0 bridgehead atoms. The number of nitrogens with zero attached hydrogens (tertiary/aromatic N) is 2. The van der Waals surface area contributed by atoms with Crippen molar-refractivity contribution in [3.05, 3.63) is 12.4 Å². The van der Waals surface area contributed by atoms with Gasteiger partial charge in [-0.1, -0.05) is 78.1 Å². The zero-order valence-corrected chi connectivity index (χ0v) is 15.5. The molecule has 1 aliphatic heterocycles. The number of rotatable bonds is 14. The standard InChI is InChI=1S/C20H40N2/c1-4-7-8-9-10-11-12-13-14-15-16-17-22-19-18-21(6-3)20(22)5-2/h18-20H,4-17H2,1-3H3. The topological polar surface area (TPSA) is 6.48 Å². The first-order valence-corrected chi connectivity index (χ1v) is 10.0. The van der Waals surface area contributed by atoms with Crippen molar-refractivity contribution >= 4 is 0 Å². The highest BCUT2D eigenvalue weighted by Crippen LogP contribution is 2.19. The summed E-state index contributed by atoms with van der Waals surface area (Å²) in [4.78, 5) is 5.00. The Morgan fingerprint density at radius 2 is 1.14 bits per heavy atom. The van der Waals surface area contributed by atoms with Gasteiger partial charge in [-0.15, -0.1) is 0 Å². The van der Waals surface area contributed by atoms with Crippen molar-refractivity contribution in [3.8, 4) is 0 Å². The van der Waals surface area contributed by atoms with Crippen LogP contribution in [0.2, 0.25) is 0 Å². The van der Waals surface area contributed by atoms with E-state index in [4.69, 9.17) is 0 Å². The Morgan fingerprint density at radius 1 is 0.636 bits per heavy atom. The van der Waals surface area contributed by atoms with Gasteiger partial charge in [-0.05, 0) is 19.8 Å². The molecule has 0 N–H and O–H groups in total. The zero-order chi connectivity index (χ0) is 16.0. The van der Waals surface area contributed by atoms with Crippen LogP contribution >= 0.6 is 0 Å². The summed E-state index contributed by atoms with van der Waals surface area (Å²) in [7, 11) is 0. The maximum absolute atomic E-state index is 2.54. The maximum atomic E-state index is 2.54. The molecule has 0 saturated heterocycles. The van der Waals surface area contributed by atoms with E-state index in [9.17, 15) is 0 Å². The van der Waals surface area contributed by atoms with Crippen molar-refractivity contribution < 1.29 is 0 Å². The van der Waals surface area contributed by atoms with Gasteiger partial charge in [-0.25, -0.2) is 0 Å². The molecule has 2 nitrogen and oxygen atoms in total. The molecule has 1 aliphatic rings. The van der Waals surface area contributed by atoms with Crippen LogP contribution in [-0.2, 0) is 0 Å². The molecular weight excluding hydrogens is 268 g/mol. The lowest BCUT2D eigenvalue weighted by molar-refractivity contribution is 0.151. The van der Waals surface area contributed by atoms with Crippen molar-refractivity contribution in [2.24, 2.45) is 0 Å². The Kier molecular flexibility index (Phi) is 11.3. The van der Waals surface area contributed by atoms with Gasteiger partial charge in [-0.3, -0.25) is 0 Å². The third-order valence-electron chi connectivity index (χ3n) is 4.97. The molecule has 0 fully saturated rings. The molecule has 1 atom stereocenters. The molecular formula is C20H40N2. The van der Waals surface area contributed by atoms with Gasteiger partial charge in [0.05, 0.1) is 0 Å². The highest BCUT2D eigenvalue weighted by atomic mass is 15.4. The highest BCUT2D eigenvalue weighted by Gasteiger charge is 2.22. The Bertz CT molecular complexity index is 275. The summed E-state index contributed by atoms with van der Waals surface area (Å²) in [6, 6.07) is 0. The molecule has 22 heavy (non-hydrogen) atoms. The number of unbranched alkanes of at least 4 members (excludes halogenated alkanes) is 10. The Labute approximate surface area is 139 Å². The summed E-state index contributed by atoms with van der Waals surface area (Å²) < 4.78 is 0. The Balaban J connectivity index is 1.90. The summed E-state index contributed by atoms with van der Waals surface area (Å²) in [5.74, 6) is 0. The van der Waals surface area contributed by atoms with Crippen LogP contribution in [0.25, 0.3) is 0 Å². The SMILES string of the molecule is CCCCCCCCCCCCCN1C=CN(CC)C1CC. The Morgan fingerprint density at radius 3 is 1.64 bits per heavy atom. The second-order valence-electron chi connectivity index (χ2n) is 6.79. The Hall–Kier alpha value is -0.660. The van der Waals surface area contributed by atoms with Gasteiger partial charge in [0.1, 0.15) is 6.17 Å². The third kappa shape index (κ3) is 7.56. The molecule has 0 radical (unpaired) electrons. The average molecular weight is 309 g/mol. The summed E-state index contributed by atoms with van der Waals surface area (Å²) >= 11 is 0. The van der Waals surface area contributed by atoms with E-state index in [0.717, 1.165) is 6.54 Å². The molecule has 1 heterocycles. The van der Waals surface area contributed by atoms with Crippen molar-refractivity contribution in [2.75, 3.05) is 13.1 Å². The molecule has 0 aromatic carbocycles. The van der Waals surface area contributed by atoms with Crippen LogP contribution in [0.3, 0.4) is 0 Å². The van der Waals surface area contributed by atoms with Crippen LogP contribution in [0.5, 0.6) is 0 Å². The molecule has 1 unspecified atom stereocenters. The largest absolute Gasteiger partial charge is 0.356 e. The highest BCUT2D eigenvalue weighted by molar-refractivity contribution is 4.95. The lowest BCUT2D eigenvalue weighted by Gasteiger charge is -2.31. The van der Waals surface area contributed by atoms with Gasteiger partial charge < -0.3 is 9.80 Å². The van der Waals surface area contributed by atoms with E-state index in [-0.39, 0.29) is 0 Å². The summed E-state index contributed by atoms with van der Waals surface area (Å²) in [5, 5.41) is 0. The monoisotopic (exact) mass is 308 g/mol. The maximum Gasteiger partial charge on any atom is 0.100 e. The normalized spacial score (nSPS) is 17.7. The number of hydrogen-bond acceptors (Lipinski definition) is 2. The lowest BCUT2D eigenvalue weighted by Crippen LogP contribution is -2.38. The van der Waals surface area contributed by atoms with Gasteiger partial charge >= 0.3 is 0 Å². The van der Waals surface area contributed by atoms with Crippen LogP contribution in [-0.4, -0.2) is 29.1 Å². The van der Waals surface area contributed by atoms with Crippen molar-refractivity contribution in [1.29, 1.82) is 0 Å². The van der Waals surface area contributed by atoms with E-state index in [1.165, 1.54) is 83.6 Å². The summed E-state index contributed by atoms with van der Waals surface area (Å²) in [5.41, 5.74) is 0. The van der Waals surface area contributed by atoms with E-state index >= 15 is 0 Å². The number of hydrogen-bond donors (Lipinski definition) is 0. The van der Waals surface area contributed by atoms with Crippen molar-refractivity contribution in [2.45, 2.75) is 104 Å². The van der Waals surface area contributed by atoms with Gasteiger partial charge in [-0.2, -0.15) is 0 Å². The molecule has 0 amide bonds. The lowest BCUT2D eigenvalue weighted by atomic mass is 10.1. The van der Waals surface area contributed by atoms with E-state index in [2.05, 4.69) is 43.0 Å². The van der Waals surface area contributed by atoms with Crippen LogP contribution in [0.15, 0.2) is 12.4 Å². The quantitative estimate of drug-likeness (QED) is 0.355. The molecule has 0 aromatic heterocycles. The minimum Gasteiger partial charge on any atom is -0.356 e. The minimum absolute atomic E-state index is 0.619. The minimum atomic E-state index is 0.619. The first kappa shape index (κ1) is 19.4. The van der Waals surface area contributed by atoms with Gasteiger partial charge in [0.2, 0.25) is 0 Å². The van der Waals surface area contributed by atoms with E-state index in [0.29, 0.717) is 6.17 Å². The van der Waals surface area contributed by atoms with Crippen LogP contribution in [0.1, 0.15) is 97.8 Å². The average Bonchev–Trinajstić information content (AvgIpc) is 2.94. The molecule has 0 aliphatic carbocycles. The second-order valence-corrected chi connectivity index (χ2v) is 6.79. The second kappa shape index (κ2) is 12.8. The van der Waals surface area contributed by atoms with Gasteiger partial charge in [0.25, 0.3) is 0 Å². The molecule has 1 rings (SSSR count). The predicted octanol–water partition coefficient (Wildman–Crippen LogP) is 6.14. The van der Waals surface area contributed by atoms with E-state index in [1.54, 1.807) is 0 Å². The summed E-state index contributed by atoms with van der Waals surface area (Å²) in [6.45, 7) is 9.21. The van der Waals surface area contributed by atoms with Crippen molar-refractivity contribution in [3.63, 3.8) is 0 Å². The molecule has 2 heteroatoms. The van der Waals surface area contributed by atoms with E-state index in [1.807, 2.05) is 0 Å². The van der Waals surface area contributed by atoms with Gasteiger partial charge in [0, 0.05) is 25.5 Å². The van der Waals surface area contributed by atoms with Crippen molar-refractivity contribution in [1.82, 2.24) is 9.80 Å². The summed E-state index contributed by atoms with van der Waals surface area (Å²) in [6.07, 6.45) is 22.1. The smallest absolute Gasteiger partial charge is 0.100 e. The zero-order valence-electron chi connectivity index (χ0n) is 15.5. The fraction of sp³-hybridized carbons (Fsp3) is 0.900. The molecule has 130 valence electrons. The molecule has 0 aromatic rings. The van der Waals surface area contributed by atoms with Crippen LogP contribution in [0, 0.1) is 0 Å². The first-order valence-electron chi connectivity index (χ1n) is 10.0. The predicted molar refractivity (Wildman–Crippen MR) is 98.8 cm³/mol. The molecule has 0 spiro atoms. The van der Waals surface area contributed by atoms with E-state index < -0.39 is 0 Å². The van der Waals surface area contributed by atoms with Crippen LogP contribution < -0.4 is 0 Å². The third-order valence-corrected chi connectivity index (χ3v) is 4.97. The fourth-order valence-corrected chi connectivity index (χ4v) is 3.53.